The van der Waals surface area contributed by atoms with Gasteiger partial charge in [0, 0.05) is 6.42 Å². The lowest BCUT2D eigenvalue weighted by atomic mass is 10.4. The van der Waals surface area contributed by atoms with E-state index in [1.165, 1.54) is 0 Å². The summed E-state index contributed by atoms with van der Waals surface area (Å²) in [6.45, 7) is 2.46. The Hall–Kier alpha value is 0.910. The molecule has 0 aromatic rings. The van der Waals surface area contributed by atoms with Gasteiger partial charge < -0.3 is 4.74 Å². The van der Waals surface area contributed by atoms with Gasteiger partial charge in [-0.25, -0.2) is 0 Å². The van der Waals surface area contributed by atoms with Gasteiger partial charge in [0.1, 0.15) is 7.56 Å². The quantitative estimate of drug-likeness (QED) is 0.568. The molecule has 0 spiro atoms. The second-order valence-electron chi connectivity index (χ2n) is 2.82. The summed E-state index contributed by atoms with van der Waals surface area (Å²) in [5.74, 6) is -0.196. The van der Waals surface area contributed by atoms with Gasteiger partial charge in [-0.3, -0.25) is 4.79 Å². The molecule has 1 fully saturated rings. The molecule has 1 atom stereocenters. The number of halogens is 3. The van der Waals surface area contributed by atoms with Gasteiger partial charge in [0.05, 0.1) is 6.61 Å². The Labute approximate surface area is 96.8 Å². The first-order valence-corrected chi connectivity index (χ1v) is 6.06. The van der Waals surface area contributed by atoms with Crippen molar-refractivity contribution in [2.45, 2.75) is 27.3 Å². The molecule has 1 saturated carbocycles. The number of alkyl halides is 3. The van der Waals surface area contributed by atoms with Crippen LogP contribution in [0, 0.1) is 0 Å². The molecule has 0 N–H and O–H groups in total. The van der Waals surface area contributed by atoms with Crippen molar-refractivity contribution >= 4 is 53.8 Å². The largest absolute Gasteiger partial charge is 0.465 e. The van der Waals surface area contributed by atoms with E-state index in [1.54, 1.807) is 0 Å². The summed E-state index contributed by atoms with van der Waals surface area (Å²) < 4.78 is 4.14. The van der Waals surface area contributed by atoms with Gasteiger partial charge in [0.2, 0.25) is 0 Å². The van der Waals surface area contributed by atoms with E-state index >= 15 is 0 Å². The minimum Gasteiger partial charge on any atom is -0.465 e. The van der Waals surface area contributed by atoms with E-state index in [4.69, 9.17) is 4.74 Å². The molecule has 0 aromatic heterocycles. The van der Waals surface area contributed by atoms with Crippen LogP contribution in [0.5, 0.6) is 0 Å². The Morgan fingerprint density at radius 1 is 1.50 bits per heavy atom. The Morgan fingerprint density at radius 3 is 2.33 bits per heavy atom. The first-order chi connectivity index (χ1) is 5.44. The number of esters is 1. The summed E-state index contributed by atoms with van der Waals surface area (Å²) in [6, 6.07) is 0. The molecular weight excluding hydrogens is 356 g/mol. The average molecular weight is 365 g/mol. The summed E-state index contributed by atoms with van der Waals surface area (Å²) in [5, 5.41) is 0. The smallest absolute Gasteiger partial charge is 0.325 e. The summed E-state index contributed by atoms with van der Waals surface area (Å²) in [4.78, 5) is 11.4. The van der Waals surface area contributed by atoms with E-state index in [0.717, 1.165) is 6.42 Å². The average Bonchev–Trinajstić information content (AvgIpc) is 2.48. The minimum atomic E-state index is -0.560. The van der Waals surface area contributed by atoms with E-state index in [1.807, 2.05) is 6.92 Å². The Kier molecular flexibility index (Phi) is 3.27. The van der Waals surface area contributed by atoms with Crippen LogP contribution in [0.1, 0.15) is 19.8 Å². The van der Waals surface area contributed by atoms with E-state index in [2.05, 4.69) is 47.8 Å². The molecular formula is C7H9Br3O2. The fourth-order valence-electron chi connectivity index (χ4n) is 0.792. The third kappa shape index (κ3) is 1.87. The lowest BCUT2D eigenvalue weighted by Crippen LogP contribution is -2.24. The molecule has 0 heterocycles. The predicted octanol–water partition coefficient (Wildman–Crippen LogP) is 2.96. The van der Waals surface area contributed by atoms with Gasteiger partial charge in [0.15, 0.2) is 0 Å². The standard InChI is InChI=1S/C7H9Br3O2/c1-2-3-12-5(11)6(8)4-7(6,9)10/h2-4H2,1H3. The highest BCUT2D eigenvalue weighted by Gasteiger charge is 2.70. The number of hydrogen-bond donors (Lipinski definition) is 0. The van der Waals surface area contributed by atoms with Crippen LogP contribution in [0.2, 0.25) is 0 Å². The van der Waals surface area contributed by atoms with Crippen LogP contribution in [-0.4, -0.2) is 20.1 Å². The minimum absolute atomic E-state index is 0.196. The maximum Gasteiger partial charge on any atom is 0.325 e. The number of hydrogen-bond acceptors (Lipinski definition) is 2. The number of ether oxygens (including phenoxy) is 1. The zero-order valence-corrected chi connectivity index (χ0v) is 11.3. The molecule has 70 valence electrons. The van der Waals surface area contributed by atoms with Crippen molar-refractivity contribution < 1.29 is 9.53 Å². The molecule has 1 unspecified atom stereocenters. The molecule has 12 heavy (non-hydrogen) atoms. The SMILES string of the molecule is CCCOC(=O)C1(Br)CC1(Br)Br. The van der Waals surface area contributed by atoms with Gasteiger partial charge in [-0.15, -0.1) is 0 Å². The molecule has 1 aliphatic rings. The summed E-state index contributed by atoms with van der Waals surface area (Å²) in [7, 11) is 0. The summed E-state index contributed by atoms with van der Waals surface area (Å²) >= 11 is 10.1. The lowest BCUT2D eigenvalue weighted by molar-refractivity contribution is -0.143. The van der Waals surface area contributed by atoms with Crippen molar-refractivity contribution in [3.05, 3.63) is 0 Å². The molecule has 0 aliphatic heterocycles. The van der Waals surface area contributed by atoms with Crippen molar-refractivity contribution in [3.63, 3.8) is 0 Å². The van der Waals surface area contributed by atoms with Crippen molar-refractivity contribution in [1.29, 1.82) is 0 Å². The molecule has 0 radical (unpaired) electrons. The van der Waals surface area contributed by atoms with Crippen LogP contribution < -0.4 is 0 Å². The van der Waals surface area contributed by atoms with Gasteiger partial charge in [-0.2, -0.15) is 0 Å². The van der Waals surface area contributed by atoms with Gasteiger partial charge >= 0.3 is 5.97 Å². The van der Waals surface area contributed by atoms with Crippen LogP contribution in [0.25, 0.3) is 0 Å². The predicted molar refractivity (Wildman–Crippen MR) is 58.1 cm³/mol. The first kappa shape index (κ1) is 11.0. The third-order valence-electron chi connectivity index (χ3n) is 1.68. The number of carbonyl (C=O) groups is 1. The normalized spacial score (nSPS) is 31.3. The highest BCUT2D eigenvalue weighted by molar-refractivity contribution is 9.26. The van der Waals surface area contributed by atoms with Crippen molar-refractivity contribution in [2.75, 3.05) is 6.61 Å². The second-order valence-corrected chi connectivity index (χ2v) is 7.94. The van der Waals surface area contributed by atoms with Crippen LogP contribution >= 0.6 is 47.8 Å². The van der Waals surface area contributed by atoms with E-state index < -0.39 is 4.32 Å². The molecule has 5 heteroatoms. The molecule has 1 aliphatic carbocycles. The first-order valence-electron chi connectivity index (χ1n) is 3.68. The molecule has 0 amide bonds. The molecule has 0 saturated heterocycles. The maximum absolute atomic E-state index is 11.4. The van der Waals surface area contributed by atoms with Gasteiger partial charge in [0.25, 0.3) is 0 Å². The molecule has 1 rings (SSSR count). The molecule has 0 bridgehead atoms. The Bertz CT molecular complexity index is 205. The topological polar surface area (TPSA) is 26.3 Å². The Balaban J connectivity index is 2.45. The second kappa shape index (κ2) is 3.58. The zero-order chi connectivity index (χ0) is 9.41. The summed E-state index contributed by atoms with van der Waals surface area (Å²) in [5.41, 5.74) is 0. The maximum atomic E-state index is 11.4. The Morgan fingerprint density at radius 2 is 2.00 bits per heavy atom. The molecule has 0 aromatic carbocycles. The van der Waals surface area contributed by atoms with Crippen LogP contribution in [0.4, 0.5) is 0 Å². The van der Waals surface area contributed by atoms with Gasteiger partial charge in [-0.1, -0.05) is 54.7 Å². The van der Waals surface area contributed by atoms with Crippen LogP contribution in [0.3, 0.4) is 0 Å². The van der Waals surface area contributed by atoms with Crippen molar-refractivity contribution in [2.24, 2.45) is 0 Å². The number of carbonyl (C=O) groups excluding carboxylic acids is 1. The highest BCUT2D eigenvalue weighted by Crippen LogP contribution is 2.65. The van der Waals surface area contributed by atoms with Crippen LogP contribution in [0.15, 0.2) is 0 Å². The van der Waals surface area contributed by atoms with Gasteiger partial charge in [-0.05, 0) is 6.42 Å². The fraction of sp³-hybridized carbons (Fsp3) is 0.857. The monoisotopic (exact) mass is 362 g/mol. The third-order valence-corrected chi connectivity index (χ3v) is 5.94. The zero-order valence-electron chi connectivity index (χ0n) is 6.57. The highest BCUT2D eigenvalue weighted by atomic mass is 79.9. The van der Waals surface area contributed by atoms with E-state index in [9.17, 15) is 4.79 Å². The molecule has 2 nitrogen and oxygen atoms in total. The van der Waals surface area contributed by atoms with Crippen LogP contribution in [-0.2, 0) is 9.53 Å². The summed E-state index contributed by atoms with van der Waals surface area (Å²) in [6.07, 6.45) is 1.56. The fourth-order valence-corrected chi connectivity index (χ4v) is 3.24. The van der Waals surface area contributed by atoms with Crippen molar-refractivity contribution in [3.8, 4) is 0 Å². The van der Waals surface area contributed by atoms with E-state index in [0.29, 0.717) is 13.0 Å². The van der Waals surface area contributed by atoms with Crippen molar-refractivity contribution in [1.82, 2.24) is 0 Å². The lowest BCUT2D eigenvalue weighted by Gasteiger charge is -2.09. The van der Waals surface area contributed by atoms with E-state index in [-0.39, 0.29) is 9.20 Å². The number of rotatable bonds is 3.